The molecular weight excluding hydrogens is 290 g/mol. The third-order valence-electron chi connectivity index (χ3n) is 3.45. The number of benzene rings is 2. The van der Waals surface area contributed by atoms with Gasteiger partial charge in [-0.05, 0) is 37.1 Å². The molecule has 0 saturated heterocycles. The molecule has 0 fully saturated rings. The molecule has 2 aromatic rings. The van der Waals surface area contributed by atoms with E-state index < -0.39 is 0 Å². The van der Waals surface area contributed by atoms with Crippen LogP contribution in [-0.4, -0.2) is 11.9 Å². The van der Waals surface area contributed by atoms with E-state index in [0.717, 1.165) is 11.1 Å². The second kappa shape index (κ2) is 7.45. The van der Waals surface area contributed by atoms with Crippen molar-refractivity contribution in [3.8, 4) is 0 Å². The Labute approximate surface area is 136 Å². The summed E-state index contributed by atoms with van der Waals surface area (Å²) in [6.07, 6.45) is 0. The van der Waals surface area contributed by atoms with Gasteiger partial charge in [0.05, 0.1) is 6.04 Å². The number of carbonyl (C=O) groups is 2. The molecule has 0 aliphatic carbocycles. The molecule has 2 aromatic carbocycles. The fourth-order valence-electron chi connectivity index (χ4n) is 2.22. The van der Waals surface area contributed by atoms with Gasteiger partial charge in [-0.1, -0.05) is 36.4 Å². The smallest absolute Gasteiger partial charge is 0.319 e. The van der Waals surface area contributed by atoms with Gasteiger partial charge < -0.3 is 16.0 Å². The second-order valence-corrected chi connectivity index (χ2v) is 5.44. The van der Waals surface area contributed by atoms with Crippen LogP contribution in [-0.2, 0) is 4.79 Å². The van der Waals surface area contributed by atoms with E-state index in [-0.39, 0.29) is 18.0 Å². The number of urea groups is 1. The lowest BCUT2D eigenvalue weighted by Gasteiger charge is -2.16. The number of rotatable bonds is 4. The molecule has 120 valence electrons. The third-order valence-corrected chi connectivity index (χ3v) is 3.45. The molecule has 5 nitrogen and oxygen atoms in total. The van der Waals surface area contributed by atoms with Gasteiger partial charge in [0.15, 0.2) is 0 Å². The second-order valence-electron chi connectivity index (χ2n) is 5.44. The highest BCUT2D eigenvalue weighted by molar-refractivity contribution is 5.93. The van der Waals surface area contributed by atoms with E-state index >= 15 is 0 Å². The van der Waals surface area contributed by atoms with Crippen LogP contribution in [0.25, 0.3) is 0 Å². The molecule has 23 heavy (non-hydrogen) atoms. The van der Waals surface area contributed by atoms with Crippen molar-refractivity contribution in [2.75, 3.05) is 10.6 Å². The summed E-state index contributed by atoms with van der Waals surface area (Å²) in [7, 11) is 0. The zero-order valence-electron chi connectivity index (χ0n) is 13.5. The summed E-state index contributed by atoms with van der Waals surface area (Å²) in [5.74, 6) is -0.151. The molecule has 1 unspecified atom stereocenters. The summed E-state index contributed by atoms with van der Waals surface area (Å²) in [4.78, 5) is 23.3. The Kier molecular flexibility index (Phi) is 5.36. The highest BCUT2D eigenvalue weighted by Crippen LogP contribution is 2.20. The summed E-state index contributed by atoms with van der Waals surface area (Å²) < 4.78 is 0. The van der Waals surface area contributed by atoms with E-state index in [2.05, 4.69) is 16.0 Å². The molecule has 2 rings (SSSR count). The number of carbonyl (C=O) groups excluding carboxylic acids is 2. The SMILES string of the molecule is CC(=O)Nc1ccc(C)c(NC(=O)NC(C)c2ccccc2)c1. The van der Waals surface area contributed by atoms with E-state index in [4.69, 9.17) is 0 Å². The first kappa shape index (κ1) is 16.5. The molecule has 0 spiro atoms. The van der Waals surface area contributed by atoms with Crippen LogP contribution in [0.15, 0.2) is 48.5 Å². The standard InChI is InChI=1S/C18H21N3O2/c1-12-9-10-16(20-14(3)22)11-17(12)21-18(23)19-13(2)15-7-5-4-6-8-15/h4-11,13H,1-3H3,(H,20,22)(H2,19,21,23). The summed E-state index contributed by atoms with van der Waals surface area (Å²) >= 11 is 0. The lowest BCUT2D eigenvalue weighted by atomic mass is 10.1. The molecule has 0 aliphatic heterocycles. The maximum Gasteiger partial charge on any atom is 0.319 e. The van der Waals surface area contributed by atoms with Crippen molar-refractivity contribution in [3.63, 3.8) is 0 Å². The van der Waals surface area contributed by atoms with Crippen molar-refractivity contribution in [3.05, 3.63) is 59.7 Å². The van der Waals surface area contributed by atoms with Gasteiger partial charge in [0.1, 0.15) is 0 Å². The topological polar surface area (TPSA) is 70.2 Å². The van der Waals surface area contributed by atoms with E-state index in [9.17, 15) is 9.59 Å². The lowest BCUT2D eigenvalue weighted by Crippen LogP contribution is -2.31. The predicted molar refractivity (Wildman–Crippen MR) is 92.5 cm³/mol. The van der Waals surface area contributed by atoms with E-state index in [0.29, 0.717) is 11.4 Å². The van der Waals surface area contributed by atoms with Crippen LogP contribution < -0.4 is 16.0 Å². The van der Waals surface area contributed by atoms with Crippen molar-refractivity contribution in [2.45, 2.75) is 26.8 Å². The normalized spacial score (nSPS) is 11.4. The quantitative estimate of drug-likeness (QED) is 0.803. The fourth-order valence-corrected chi connectivity index (χ4v) is 2.22. The summed E-state index contributed by atoms with van der Waals surface area (Å²) in [6.45, 7) is 5.27. The van der Waals surface area contributed by atoms with Crippen LogP contribution in [0, 0.1) is 6.92 Å². The molecule has 3 amide bonds. The van der Waals surface area contributed by atoms with Crippen LogP contribution in [0.3, 0.4) is 0 Å². The van der Waals surface area contributed by atoms with Crippen LogP contribution in [0.1, 0.15) is 31.0 Å². The van der Waals surface area contributed by atoms with Gasteiger partial charge in [0, 0.05) is 18.3 Å². The average molecular weight is 311 g/mol. The highest BCUT2D eigenvalue weighted by atomic mass is 16.2. The molecule has 0 aliphatic rings. The van der Waals surface area contributed by atoms with Gasteiger partial charge in [-0.2, -0.15) is 0 Å². The Morgan fingerprint density at radius 2 is 1.70 bits per heavy atom. The molecule has 0 heterocycles. The number of aryl methyl sites for hydroxylation is 1. The fraction of sp³-hybridized carbons (Fsp3) is 0.222. The molecule has 0 saturated carbocycles. The Morgan fingerprint density at radius 3 is 2.35 bits per heavy atom. The van der Waals surface area contributed by atoms with E-state index in [1.165, 1.54) is 6.92 Å². The van der Waals surface area contributed by atoms with Crippen molar-refractivity contribution >= 4 is 23.3 Å². The molecule has 0 radical (unpaired) electrons. The van der Waals surface area contributed by atoms with Crippen LogP contribution in [0.4, 0.5) is 16.2 Å². The summed E-state index contributed by atoms with van der Waals surface area (Å²) in [6, 6.07) is 14.7. The van der Waals surface area contributed by atoms with Gasteiger partial charge >= 0.3 is 6.03 Å². The summed E-state index contributed by atoms with van der Waals surface area (Å²) in [5.41, 5.74) is 3.26. The third kappa shape index (κ3) is 4.85. The molecule has 1 atom stereocenters. The zero-order valence-corrected chi connectivity index (χ0v) is 13.5. The van der Waals surface area contributed by atoms with E-state index in [1.54, 1.807) is 12.1 Å². The molecule has 5 heteroatoms. The lowest BCUT2D eigenvalue weighted by molar-refractivity contribution is -0.114. The maximum atomic E-state index is 12.2. The van der Waals surface area contributed by atoms with Crippen molar-refractivity contribution in [1.29, 1.82) is 0 Å². The maximum absolute atomic E-state index is 12.2. The minimum atomic E-state index is -0.288. The Balaban J connectivity index is 2.03. The number of nitrogens with one attached hydrogen (secondary N) is 3. The van der Waals surface area contributed by atoms with Crippen molar-refractivity contribution < 1.29 is 9.59 Å². The summed E-state index contributed by atoms with van der Waals surface area (Å²) in [5, 5.41) is 8.42. The minimum absolute atomic E-state index is 0.102. The molecule has 0 bridgehead atoms. The number of amides is 3. The molecule has 0 aromatic heterocycles. The first-order valence-corrected chi connectivity index (χ1v) is 7.46. The largest absolute Gasteiger partial charge is 0.331 e. The molecular formula is C18H21N3O2. The van der Waals surface area contributed by atoms with Gasteiger partial charge in [-0.15, -0.1) is 0 Å². The van der Waals surface area contributed by atoms with Crippen LogP contribution in [0.5, 0.6) is 0 Å². The highest BCUT2D eigenvalue weighted by Gasteiger charge is 2.10. The molecule has 3 N–H and O–H groups in total. The predicted octanol–water partition coefficient (Wildman–Crippen LogP) is 3.84. The van der Waals surface area contributed by atoms with Crippen LogP contribution in [0.2, 0.25) is 0 Å². The van der Waals surface area contributed by atoms with Crippen molar-refractivity contribution in [1.82, 2.24) is 5.32 Å². The van der Waals surface area contributed by atoms with Crippen LogP contribution >= 0.6 is 0 Å². The number of anilines is 2. The number of hydrogen-bond donors (Lipinski definition) is 3. The monoisotopic (exact) mass is 311 g/mol. The van der Waals surface area contributed by atoms with E-state index in [1.807, 2.05) is 50.2 Å². The Bertz CT molecular complexity index is 699. The Hall–Kier alpha value is -2.82. The van der Waals surface area contributed by atoms with Crippen molar-refractivity contribution in [2.24, 2.45) is 0 Å². The van der Waals surface area contributed by atoms with Gasteiger partial charge in [0.2, 0.25) is 5.91 Å². The first-order chi connectivity index (χ1) is 11.0. The van der Waals surface area contributed by atoms with Gasteiger partial charge in [-0.3, -0.25) is 4.79 Å². The minimum Gasteiger partial charge on any atom is -0.331 e. The zero-order chi connectivity index (χ0) is 16.8. The van der Waals surface area contributed by atoms with Gasteiger partial charge in [0.25, 0.3) is 0 Å². The van der Waals surface area contributed by atoms with Gasteiger partial charge in [-0.25, -0.2) is 4.79 Å². The average Bonchev–Trinajstić information content (AvgIpc) is 2.51. The Morgan fingerprint density at radius 1 is 1.00 bits per heavy atom. The first-order valence-electron chi connectivity index (χ1n) is 7.46. The number of hydrogen-bond acceptors (Lipinski definition) is 2.